The third-order valence-electron chi connectivity index (χ3n) is 4.52. The predicted octanol–water partition coefficient (Wildman–Crippen LogP) is 4.39. The van der Waals surface area contributed by atoms with Gasteiger partial charge in [-0.1, -0.05) is 41.6 Å². The first-order valence-corrected chi connectivity index (χ1v) is 10.4. The zero-order valence-electron chi connectivity index (χ0n) is 16.1. The topological polar surface area (TPSA) is 55.2 Å². The minimum atomic E-state index is -0.376. The molecular formula is C21H22ClN3O2S. The molecule has 0 fully saturated rings. The molecule has 2 aromatic carbocycles. The number of para-hydroxylation sites is 1. The minimum absolute atomic E-state index is 0.0232. The molecule has 0 aliphatic rings. The van der Waals surface area contributed by atoms with Crippen molar-refractivity contribution in [3.05, 3.63) is 63.9 Å². The van der Waals surface area contributed by atoms with Crippen LogP contribution in [0.1, 0.15) is 20.8 Å². The highest BCUT2D eigenvalue weighted by atomic mass is 35.5. The number of hydrogen-bond acceptors (Lipinski definition) is 4. The van der Waals surface area contributed by atoms with Crippen molar-refractivity contribution in [1.82, 2.24) is 14.5 Å². The molecule has 3 aromatic rings. The van der Waals surface area contributed by atoms with E-state index in [4.69, 9.17) is 11.6 Å². The number of fused-ring (bicyclic) bond motifs is 1. The number of rotatable bonds is 6. The molecule has 5 nitrogen and oxygen atoms in total. The first-order chi connectivity index (χ1) is 13.5. The van der Waals surface area contributed by atoms with Gasteiger partial charge in [-0.25, -0.2) is 4.98 Å². The molecule has 1 amide bonds. The van der Waals surface area contributed by atoms with Crippen molar-refractivity contribution < 1.29 is 4.79 Å². The molecule has 28 heavy (non-hydrogen) atoms. The Labute approximate surface area is 173 Å². The lowest BCUT2D eigenvalue weighted by Crippen LogP contribution is -2.36. The molecule has 1 atom stereocenters. The quantitative estimate of drug-likeness (QED) is 0.442. The smallest absolute Gasteiger partial charge is 0.266 e. The monoisotopic (exact) mass is 415 g/mol. The van der Waals surface area contributed by atoms with Crippen LogP contribution in [0.3, 0.4) is 0 Å². The molecule has 1 aromatic heterocycles. The maximum atomic E-state index is 13.2. The molecule has 0 N–H and O–H groups in total. The van der Waals surface area contributed by atoms with Crippen molar-refractivity contribution in [2.24, 2.45) is 0 Å². The second-order valence-electron chi connectivity index (χ2n) is 6.30. The van der Waals surface area contributed by atoms with Crippen LogP contribution < -0.4 is 5.56 Å². The maximum absolute atomic E-state index is 13.2. The van der Waals surface area contributed by atoms with E-state index < -0.39 is 0 Å². The third kappa shape index (κ3) is 4.08. The van der Waals surface area contributed by atoms with E-state index in [1.54, 1.807) is 35.2 Å². The Morgan fingerprint density at radius 2 is 1.89 bits per heavy atom. The van der Waals surface area contributed by atoms with Crippen LogP contribution in [-0.2, 0) is 4.79 Å². The van der Waals surface area contributed by atoms with Gasteiger partial charge in [-0.3, -0.25) is 14.2 Å². The number of carbonyl (C=O) groups excluding carboxylic acids is 1. The van der Waals surface area contributed by atoms with Crippen molar-refractivity contribution in [3.8, 4) is 5.69 Å². The fourth-order valence-electron chi connectivity index (χ4n) is 3.04. The number of amides is 1. The third-order valence-corrected chi connectivity index (χ3v) is 5.79. The first kappa shape index (κ1) is 20.4. The van der Waals surface area contributed by atoms with E-state index in [0.717, 1.165) is 0 Å². The molecule has 0 spiro atoms. The summed E-state index contributed by atoms with van der Waals surface area (Å²) in [5, 5.41) is 1.15. The summed E-state index contributed by atoms with van der Waals surface area (Å²) < 4.78 is 1.53. The fourth-order valence-corrected chi connectivity index (χ4v) is 4.23. The van der Waals surface area contributed by atoms with Gasteiger partial charge >= 0.3 is 0 Å². The largest absolute Gasteiger partial charge is 0.342 e. The normalized spacial score (nSPS) is 12.1. The Balaban J connectivity index is 2.14. The summed E-state index contributed by atoms with van der Waals surface area (Å²) in [5.74, 6) is 0.0232. The first-order valence-electron chi connectivity index (χ1n) is 9.19. The van der Waals surface area contributed by atoms with E-state index in [-0.39, 0.29) is 16.7 Å². The van der Waals surface area contributed by atoms with Crippen molar-refractivity contribution in [3.63, 3.8) is 0 Å². The van der Waals surface area contributed by atoms with Gasteiger partial charge in [-0.05, 0) is 51.1 Å². The van der Waals surface area contributed by atoms with Crippen LogP contribution in [0.5, 0.6) is 0 Å². The van der Waals surface area contributed by atoms with E-state index >= 15 is 0 Å². The van der Waals surface area contributed by atoms with Gasteiger partial charge in [0.05, 0.1) is 21.8 Å². The van der Waals surface area contributed by atoms with Crippen LogP contribution in [0.15, 0.2) is 58.5 Å². The van der Waals surface area contributed by atoms with Crippen molar-refractivity contribution in [2.45, 2.75) is 31.2 Å². The van der Waals surface area contributed by atoms with Gasteiger partial charge < -0.3 is 4.90 Å². The predicted molar refractivity (Wildman–Crippen MR) is 116 cm³/mol. The Morgan fingerprint density at radius 1 is 1.18 bits per heavy atom. The summed E-state index contributed by atoms with van der Waals surface area (Å²) in [5.41, 5.74) is 1.05. The maximum Gasteiger partial charge on any atom is 0.266 e. The van der Waals surface area contributed by atoms with Crippen molar-refractivity contribution in [2.75, 3.05) is 13.1 Å². The van der Waals surface area contributed by atoms with E-state index in [1.807, 2.05) is 39.0 Å². The fraction of sp³-hybridized carbons (Fsp3) is 0.286. The Hall–Kier alpha value is -2.31. The van der Waals surface area contributed by atoms with Crippen molar-refractivity contribution >= 4 is 40.2 Å². The molecule has 0 aliphatic carbocycles. The highest BCUT2D eigenvalue weighted by Gasteiger charge is 2.23. The number of thioether (sulfide) groups is 1. The number of carbonyl (C=O) groups is 1. The molecule has 146 valence electrons. The molecule has 7 heteroatoms. The molecule has 0 saturated carbocycles. The molecule has 0 radical (unpaired) electrons. The van der Waals surface area contributed by atoms with Gasteiger partial charge in [-0.2, -0.15) is 0 Å². The van der Waals surface area contributed by atoms with Crippen LogP contribution in [-0.4, -0.2) is 38.7 Å². The standard InChI is InChI=1S/C21H22ClN3O2S/c1-4-24(5-2)19(26)14(3)28-21-23-18-12-7-6-11-17(18)20(27)25(21)16-10-8-9-15(22)13-16/h6-14H,4-5H2,1-3H3. The molecule has 3 rings (SSSR count). The highest BCUT2D eigenvalue weighted by molar-refractivity contribution is 8.00. The van der Waals surface area contributed by atoms with Crippen LogP contribution in [0, 0.1) is 0 Å². The summed E-state index contributed by atoms with van der Waals surface area (Å²) in [6, 6.07) is 14.3. The summed E-state index contributed by atoms with van der Waals surface area (Å²) in [7, 11) is 0. The number of halogens is 1. The Bertz CT molecular complexity index is 1060. The number of aromatic nitrogens is 2. The lowest BCUT2D eigenvalue weighted by molar-refractivity contribution is -0.129. The van der Waals surface area contributed by atoms with Gasteiger partial charge in [0.15, 0.2) is 5.16 Å². The summed E-state index contributed by atoms with van der Waals surface area (Å²) >= 11 is 7.43. The number of benzene rings is 2. The Kier molecular flexibility index (Phi) is 6.42. The van der Waals surface area contributed by atoms with Crippen LogP contribution in [0.25, 0.3) is 16.6 Å². The average Bonchev–Trinajstić information content (AvgIpc) is 2.69. The van der Waals surface area contributed by atoms with Gasteiger partial charge in [0, 0.05) is 18.1 Å². The second kappa shape index (κ2) is 8.80. The minimum Gasteiger partial charge on any atom is -0.342 e. The molecule has 1 heterocycles. The average molecular weight is 416 g/mol. The summed E-state index contributed by atoms with van der Waals surface area (Å²) in [6.45, 7) is 7.04. The zero-order chi connectivity index (χ0) is 20.3. The van der Waals surface area contributed by atoms with Gasteiger partial charge in [0.2, 0.25) is 5.91 Å². The van der Waals surface area contributed by atoms with E-state index in [0.29, 0.717) is 39.9 Å². The van der Waals surface area contributed by atoms with Gasteiger partial charge in [-0.15, -0.1) is 0 Å². The highest BCUT2D eigenvalue weighted by Crippen LogP contribution is 2.27. The molecule has 1 unspecified atom stereocenters. The molecular weight excluding hydrogens is 394 g/mol. The van der Waals surface area contributed by atoms with Crippen LogP contribution in [0.2, 0.25) is 5.02 Å². The molecule has 0 aliphatic heterocycles. The van der Waals surface area contributed by atoms with E-state index in [2.05, 4.69) is 4.98 Å². The molecule has 0 bridgehead atoms. The second-order valence-corrected chi connectivity index (χ2v) is 8.05. The van der Waals surface area contributed by atoms with Crippen LogP contribution in [0.4, 0.5) is 0 Å². The van der Waals surface area contributed by atoms with Gasteiger partial charge in [0.1, 0.15) is 0 Å². The number of nitrogens with zero attached hydrogens (tertiary/aromatic N) is 3. The Morgan fingerprint density at radius 3 is 2.57 bits per heavy atom. The lowest BCUT2D eigenvalue weighted by Gasteiger charge is -2.23. The summed E-state index contributed by atoms with van der Waals surface area (Å²) in [4.78, 5) is 32.4. The summed E-state index contributed by atoms with van der Waals surface area (Å²) in [6.07, 6.45) is 0. The van der Waals surface area contributed by atoms with E-state index in [9.17, 15) is 9.59 Å². The SMILES string of the molecule is CCN(CC)C(=O)C(C)Sc1nc2ccccc2c(=O)n1-c1cccc(Cl)c1. The van der Waals surface area contributed by atoms with Crippen LogP contribution >= 0.6 is 23.4 Å². The number of hydrogen-bond donors (Lipinski definition) is 0. The lowest BCUT2D eigenvalue weighted by atomic mass is 10.2. The van der Waals surface area contributed by atoms with E-state index in [1.165, 1.54) is 16.3 Å². The zero-order valence-corrected chi connectivity index (χ0v) is 17.6. The van der Waals surface area contributed by atoms with Crippen molar-refractivity contribution in [1.29, 1.82) is 0 Å². The molecule has 0 saturated heterocycles. The van der Waals surface area contributed by atoms with Gasteiger partial charge in [0.25, 0.3) is 5.56 Å².